The maximum absolute atomic E-state index is 12.9. The van der Waals surface area contributed by atoms with Gasteiger partial charge in [0, 0.05) is 31.9 Å². The van der Waals surface area contributed by atoms with Crippen molar-refractivity contribution in [3.63, 3.8) is 0 Å². The van der Waals surface area contributed by atoms with E-state index in [2.05, 4.69) is 0 Å². The molecule has 2 fully saturated rings. The van der Waals surface area contributed by atoms with Crippen LogP contribution >= 0.6 is 0 Å². The van der Waals surface area contributed by atoms with Crippen LogP contribution in [-0.4, -0.2) is 72.1 Å². The topological polar surface area (TPSA) is 64.1 Å². The van der Waals surface area contributed by atoms with Crippen molar-refractivity contribution in [2.45, 2.75) is 25.1 Å². The molecule has 0 aromatic heterocycles. The van der Waals surface area contributed by atoms with Gasteiger partial charge in [-0.1, -0.05) is 6.07 Å². The summed E-state index contributed by atoms with van der Waals surface area (Å²) in [6, 6.07) is 4.57. The standard InChI is InChI=1S/C18H22F3N3O3/c19-18(20,21)13-3-1-4-14(11-13)22-7-9-23(10-8-22)16(25)12-24-6-2-5-15(24)17(26)27/h1,3-4,11,15H,2,5-10,12H2,(H,26,27). The molecule has 27 heavy (non-hydrogen) atoms. The molecule has 6 nitrogen and oxygen atoms in total. The first-order valence-electron chi connectivity index (χ1n) is 8.92. The Morgan fingerprint density at radius 2 is 1.81 bits per heavy atom. The molecule has 0 aliphatic carbocycles. The van der Waals surface area contributed by atoms with E-state index in [1.165, 1.54) is 6.07 Å². The van der Waals surface area contributed by atoms with Crippen LogP contribution in [0.5, 0.6) is 0 Å². The predicted molar refractivity (Wildman–Crippen MR) is 92.5 cm³/mol. The quantitative estimate of drug-likeness (QED) is 0.858. The molecular formula is C18H22F3N3O3. The zero-order valence-electron chi connectivity index (χ0n) is 14.8. The summed E-state index contributed by atoms with van der Waals surface area (Å²) in [4.78, 5) is 28.9. The van der Waals surface area contributed by atoms with Crippen molar-refractivity contribution in [1.82, 2.24) is 9.80 Å². The van der Waals surface area contributed by atoms with E-state index in [4.69, 9.17) is 0 Å². The summed E-state index contributed by atoms with van der Waals surface area (Å²) in [5.74, 6) is -1.04. The second-order valence-electron chi connectivity index (χ2n) is 6.88. The second-order valence-corrected chi connectivity index (χ2v) is 6.88. The first-order chi connectivity index (χ1) is 12.8. The highest BCUT2D eigenvalue weighted by Gasteiger charge is 2.34. The number of benzene rings is 1. The lowest BCUT2D eigenvalue weighted by molar-refractivity contribution is -0.143. The Hall–Kier alpha value is -2.29. The lowest BCUT2D eigenvalue weighted by atomic mass is 10.1. The van der Waals surface area contributed by atoms with Crippen molar-refractivity contribution in [2.24, 2.45) is 0 Å². The largest absolute Gasteiger partial charge is 0.480 e. The van der Waals surface area contributed by atoms with Gasteiger partial charge in [0.1, 0.15) is 6.04 Å². The van der Waals surface area contributed by atoms with E-state index in [9.17, 15) is 27.9 Å². The van der Waals surface area contributed by atoms with Gasteiger partial charge in [-0.05, 0) is 37.6 Å². The van der Waals surface area contributed by atoms with E-state index in [-0.39, 0.29) is 12.5 Å². The molecule has 2 aliphatic heterocycles. The van der Waals surface area contributed by atoms with Gasteiger partial charge in [-0.15, -0.1) is 0 Å². The van der Waals surface area contributed by atoms with Gasteiger partial charge in [0.15, 0.2) is 0 Å². The number of anilines is 1. The third-order valence-electron chi connectivity index (χ3n) is 5.16. The fourth-order valence-electron chi connectivity index (χ4n) is 3.66. The molecule has 0 bridgehead atoms. The number of alkyl halides is 3. The van der Waals surface area contributed by atoms with Crippen LogP contribution < -0.4 is 4.90 Å². The fourth-order valence-corrected chi connectivity index (χ4v) is 3.66. The number of amides is 1. The zero-order chi connectivity index (χ0) is 19.6. The van der Waals surface area contributed by atoms with Crippen LogP contribution in [0.2, 0.25) is 0 Å². The van der Waals surface area contributed by atoms with E-state index in [1.807, 2.05) is 4.90 Å². The van der Waals surface area contributed by atoms with Gasteiger partial charge in [-0.3, -0.25) is 14.5 Å². The zero-order valence-corrected chi connectivity index (χ0v) is 14.8. The minimum atomic E-state index is -4.38. The Balaban J connectivity index is 1.56. The molecule has 2 aliphatic rings. The number of hydrogen-bond acceptors (Lipinski definition) is 4. The van der Waals surface area contributed by atoms with Crippen LogP contribution in [0, 0.1) is 0 Å². The maximum Gasteiger partial charge on any atom is 0.416 e. The van der Waals surface area contributed by atoms with Crippen molar-refractivity contribution in [2.75, 3.05) is 44.2 Å². The number of hydrogen-bond donors (Lipinski definition) is 1. The fraction of sp³-hybridized carbons (Fsp3) is 0.556. The van der Waals surface area contributed by atoms with Gasteiger partial charge < -0.3 is 14.9 Å². The number of nitrogens with zero attached hydrogens (tertiary/aromatic N) is 3. The lowest BCUT2D eigenvalue weighted by Crippen LogP contribution is -2.52. The number of rotatable bonds is 4. The number of piperazine rings is 1. The lowest BCUT2D eigenvalue weighted by Gasteiger charge is -2.37. The van der Waals surface area contributed by atoms with Crippen LogP contribution in [0.3, 0.4) is 0 Å². The molecule has 1 amide bonds. The molecule has 2 heterocycles. The summed E-state index contributed by atoms with van der Waals surface area (Å²) in [7, 11) is 0. The second kappa shape index (κ2) is 7.75. The number of carboxylic acids is 1. The SMILES string of the molecule is O=C(O)C1CCCN1CC(=O)N1CCN(c2cccc(C(F)(F)F)c2)CC1. The van der Waals surface area contributed by atoms with Crippen molar-refractivity contribution in [3.05, 3.63) is 29.8 Å². The van der Waals surface area contributed by atoms with Crippen LogP contribution in [0.25, 0.3) is 0 Å². The molecule has 1 unspecified atom stereocenters. The van der Waals surface area contributed by atoms with E-state index in [1.54, 1.807) is 15.9 Å². The van der Waals surface area contributed by atoms with Crippen molar-refractivity contribution in [3.8, 4) is 0 Å². The van der Waals surface area contributed by atoms with E-state index >= 15 is 0 Å². The van der Waals surface area contributed by atoms with Crippen LogP contribution in [0.1, 0.15) is 18.4 Å². The first kappa shape index (κ1) is 19.5. The number of halogens is 3. The number of carbonyl (C=O) groups is 2. The third kappa shape index (κ3) is 4.52. The van der Waals surface area contributed by atoms with E-state index < -0.39 is 23.8 Å². The Kier molecular flexibility index (Phi) is 5.59. The molecule has 0 radical (unpaired) electrons. The molecule has 2 saturated heterocycles. The van der Waals surface area contributed by atoms with E-state index in [0.717, 1.165) is 18.6 Å². The summed E-state index contributed by atoms with van der Waals surface area (Å²) >= 11 is 0. The maximum atomic E-state index is 12.9. The number of carboxylic acid groups (broad SMARTS) is 1. The molecule has 0 spiro atoms. The van der Waals surface area contributed by atoms with Gasteiger partial charge >= 0.3 is 12.1 Å². The highest BCUT2D eigenvalue weighted by Crippen LogP contribution is 2.31. The molecule has 1 aromatic carbocycles. The molecule has 0 saturated carbocycles. The first-order valence-corrected chi connectivity index (χ1v) is 8.92. The van der Waals surface area contributed by atoms with Gasteiger partial charge in [0.2, 0.25) is 5.91 Å². The highest BCUT2D eigenvalue weighted by molar-refractivity contribution is 5.80. The molecule has 3 rings (SSSR count). The third-order valence-corrected chi connectivity index (χ3v) is 5.16. The predicted octanol–water partition coefficient (Wildman–Crippen LogP) is 1.90. The normalized spacial score (nSPS) is 21.5. The molecule has 1 N–H and O–H groups in total. The smallest absolute Gasteiger partial charge is 0.416 e. The monoisotopic (exact) mass is 385 g/mol. The number of carbonyl (C=O) groups excluding carboxylic acids is 1. The van der Waals surface area contributed by atoms with E-state index in [0.29, 0.717) is 44.8 Å². The Bertz CT molecular complexity index is 703. The molecule has 9 heteroatoms. The molecule has 1 aromatic rings. The van der Waals surface area contributed by atoms with Crippen molar-refractivity contribution < 1.29 is 27.9 Å². The van der Waals surface area contributed by atoms with Gasteiger partial charge in [-0.25, -0.2) is 0 Å². The Labute approximate surface area is 155 Å². The Morgan fingerprint density at radius 3 is 2.44 bits per heavy atom. The highest BCUT2D eigenvalue weighted by atomic mass is 19.4. The number of aliphatic carboxylic acids is 1. The van der Waals surface area contributed by atoms with Crippen LogP contribution in [-0.2, 0) is 15.8 Å². The average molecular weight is 385 g/mol. The van der Waals surface area contributed by atoms with Gasteiger partial charge in [0.05, 0.1) is 12.1 Å². The minimum absolute atomic E-state index is 0.0700. The van der Waals surface area contributed by atoms with Gasteiger partial charge in [-0.2, -0.15) is 13.2 Å². The number of likely N-dealkylation sites (tertiary alicyclic amines) is 1. The van der Waals surface area contributed by atoms with Crippen molar-refractivity contribution >= 4 is 17.6 Å². The molecular weight excluding hydrogens is 363 g/mol. The Morgan fingerprint density at radius 1 is 1.11 bits per heavy atom. The summed E-state index contributed by atoms with van der Waals surface area (Å²) in [5, 5.41) is 9.19. The van der Waals surface area contributed by atoms with Crippen molar-refractivity contribution in [1.29, 1.82) is 0 Å². The summed E-state index contributed by atoms with van der Waals surface area (Å²) in [5.41, 5.74) is -0.199. The molecule has 148 valence electrons. The average Bonchev–Trinajstić information content (AvgIpc) is 3.09. The molecule has 1 atom stereocenters. The summed E-state index contributed by atoms with van der Waals surface area (Å²) in [6.07, 6.45) is -3.08. The van der Waals surface area contributed by atoms with Crippen LogP contribution in [0.4, 0.5) is 18.9 Å². The summed E-state index contributed by atoms with van der Waals surface area (Å²) < 4.78 is 38.6. The van der Waals surface area contributed by atoms with Crippen LogP contribution in [0.15, 0.2) is 24.3 Å². The van der Waals surface area contributed by atoms with Gasteiger partial charge in [0.25, 0.3) is 0 Å². The minimum Gasteiger partial charge on any atom is -0.480 e. The summed E-state index contributed by atoms with van der Waals surface area (Å²) in [6.45, 7) is 2.35.